The second-order valence-electron chi connectivity index (χ2n) is 10.2. The minimum Gasteiger partial charge on any atom is -0.384 e. The van der Waals surface area contributed by atoms with Gasteiger partial charge in [-0.2, -0.15) is 5.26 Å². The first-order valence-corrected chi connectivity index (χ1v) is 14.9. The number of nitrogens with zero attached hydrogens (tertiary/aromatic N) is 4. The number of halogens is 2. The van der Waals surface area contributed by atoms with Crippen LogP contribution in [0.25, 0.3) is 0 Å². The van der Waals surface area contributed by atoms with Gasteiger partial charge in [-0.3, -0.25) is 14.5 Å². The molecule has 12 heteroatoms. The first-order chi connectivity index (χ1) is 19.1. The number of anilines is 2. The fourth-order valence-corrected chi connectivity index (χ4v) is 6.87. The number of carbonyl (C=O) groups is 2. The van der Waals surface area contributed by atoms with E-state index in [1.54, 1.807) is 29.2 Å². The summed E-state index contributed by atoms with van der Waals surface area (Å²) < 4.78 is 15.2. The second kappa shape index (κ2) is 11.2. The Hall–Kier alpha value is -3.53. The number of nitrogens with one attached hydrogen (secondary N) is 1. The van der Waals surface area contributed by atoms with Crippen LogP contribution in [0, 0.1) is 22.6 Å². The molecule has 2 aliphatic rings. The van der Waals surface area contributed by atoms with E-state index in [1.165, 1.54) is 35.2 Å². The number of amides is 1. The van der Waals surface area contributed by atoms with Gasteiger partial charge in [0.05, 0.1) is 23.3 Å². The van der Waals surface area contributed by atoms with Crippen molar-refractivity contribution in [2.45, 2.75) is 36.9 Å². The summed E-state index contributed by atoms with van der Waals surface area (Å²) in [5.41, 5.74) is 8.89. The van der Waals surface area contributed by atoms with Crippen molar-refractivity contribution in [3.8, 4) is 6.07 Å². The van der Waals surface area contributed by atoms with Crippen LogP contribution in [0.15, 0.2) is 80.0 Å². The van der Waals surface area contributed by atoms with Gasteiger partial charge in [0.15, 0.2) is 10.1 Å². The van der Waals surface area contributed by atoms with Gasteiger partial charge in [0, 0.05) is 27.9 Å². The lowest BCUT2D eigenvalue weighted by Gasteiger charge is -2.42. The van der Waals surface area contributed by atoms with Crippen molar-refractivity contribution < 1.29 is 14.0 Å². The summed E-state index contributed by atoms with van der Waals surface area (Å²) in [6.45, 7) is 4.01. The molecular formula is C28H24BrFN6O2S2. The van der Waals surface area contributed by atoms with Crippen LogP contribution in [0.2, 0.25) is 0 Å². The lowest BCUT2D eigenvalue weighted by atomic mass is 9.69. The zero-order valence-corrected chi connectivity index (χ0v) is 24.8. The van der Waals surface area contributed by atoms with Crippen LogP contribution in [0.1, 0.15) is 38.2 Å². The number of nitriles is 1. The summed E-state index contributed by atoms with van der Waals surface area (Å²) in [6.07, 6.45) is 0.823. The number of hydrogen-bond donors (Lipinski definition) is 2. The first kappa shape index (κ1) is 28.0. The van der Waals surface area contributed by atoms with E-state index in [2.05, 4.69) is 37.5 Å². The zero-order chi connectivity index (χ0) is 28.6. The van der Waals surface area contributed by atoms with Gasteiger partial charge in [0.25, 0.3) is 0 Å². The van der Waals surface area contributed by atoms with Crippen molar-refractivity contribution in [2.75, 3.05) is 16.0 Å². The molecule has 3 aromatic rings. The highest BCUT2D eigenvalue weighted by Gasteiger charge is 2.45. The maximum absolute atomic E-state index is 13.7. The van der Waals surface area contributed by atoms with Crippen molar-refractivity contribution in [3.05, 3.63) is 87.0 Å². The van der Waals surface area contributed by atoms with E-state index >= 15 is 0 Å². The Bertz CT molecular complexity index is 1590. The van der Waals surface area contributed by atoms with Crippen LogP contribution in [0.4, 0.5) is 15.2 Å². The van der Waals surface area contributed by atoms with E-state index < -0.39 is 11.7 Å². The van der Waals surface area contributed by atoms with Crippen molar-refractivity contribution in [1.82, 2.24) is 10.2 Å². The fourth-order valence-electron chi connectivity index (χ4n) is 4.92. The number of aromatic nitrogens is 2. The van der Waals surface area contributed by atoms with Crippen LogP contribution in [-0.4, -0.2) is 27.6 Å². The number of thioether (sulfide) groups is 1. The Morgan fingerprint density at radius 2 is 1.93 bits per heavy atom. The number of nitrogens with two attached hydrogens (primary N) is 1. The average molecular weight is 640 g/mol. The molecule has 1 aliphatic carbocycles. The standard InChI is InChI=1S/C28H24BrFN6O2S2/c1-28(2)11-20-24(21(37)12-28)23(15-3-7-17(30)8-4-15)19(13-31)25(32)36(20)26-34-35-27(40-26)39-14-22(38)33-18-9-5-16(29)6-10-18/h3-10,23H,11-12,14,32H2,1-2H3,(H,33,38). The van der Waals surface area contributed by atoms with E-state index in [0.717, 1.165) is 4.47 Å². The highest BCUT2D eigenvalue weighted by molar-refractivity contribution is 9.10. The summed E-state index contributed by atoms with van der Waals surface area (Å²) in [5, 5.41) is 22.0. The molecule has 0 spiro atoms. The number of ketones is 1. The molecule has 1 atom stereocenters. The molecule has 204 valence electrons. The largest absolute Gasteiger partial charge is 0.384 e. The van der Waals surface area contributed by atoms with Gasteiger partial charge in [-0.05, 0) is 53.8 Å². The third-order valence-corrected chi connectivity index (χ3v) is 9.20. The number of benzene rings is 2. The molecule has 0 saturated carbocycles. The van der Waals surface area contributed by atoms with Crippen molar-refractivity contribution in [2.24, 2.45) is 11.1 Å². The predicted octanol–water partition coefficient (Wildman–Crippen LogP) is 6.11. The van der Waals surface area contributed by atoms with Gasteiger partial charge in [-0.1, -0.05) is 65.0 Å². The molecule has 2 heterocycles. The van der Waals surface area contributed by atoms with Crippen LogP contribution in [0.5, 0.6) is 0 Å². The van der Waals surface area contributed by atoms with Crippen molar-refractivity contribution >= 4 is 61.5 Å². The van der Waals surface area contributed by atoms with Gasteiger partial charge in [0.2, 0.25) is 11.0 Å². The highest BCUT2D eigenvalue weighted by Crippen LogP contribution is 2.50. The van der Waals surface area contributed by atoms with Gasteiger partial charge in [-0.15, -0.1) is 10.2 Å². The summed E-state index contributed by atoms with van der Waals surface area (Å²) >= 11 is 5.82. The highest BCUT2D eigenvalue weighted by atomic mass is 79.9. The number of carbonyl (C=O) groups excluding carboxylic acids is 2. The molecule has 8 nitrogen and oxygen atoms in total. The topological polar surface area (TPSA) is 125 Å². The first-order valence-electron chi connectivity index (χ1n) is 12.3. The van der Waals surface area contributed by atoms with E-state index in [9.17, 15) is 19.2 Å². The summed E-state index contributed by atoms with van der Waals surface area (Å²) in [7, 11) is 0. The SMILES string of the molecule is CC1(C)CC(=O)C2=C(C1)N(c1nnc(SCC(=O)Nc3ccc(Br)cc3)s1)C(N)=C(C#N)C2c1ccc(F)cc1. The Morgan fingerprint density at radius 3 is 2.60 bits per heavy atom. The Kier molecular flexibility index (Phi) is 7.81. The predicted molar refractivity (Wildman–Crippen MR) is 157 cm³/mol. The van der Waals surface area contributed by atoms with Crippen molar-refractivity contribution in [1.29, 1.82) is 5.26 Å². The lowest BCUT2D eigenvalue weighted by molar-refractivity contribution is -0.118. The number of Topliss-reactive ketones (excluding diaryl/α,β-unsaturated/α-hetero) is 1. The smallest absolute Gasteiger partial charge is 0.234 e. The number of allylic oxidation sites excluding steroid dienone is 3. The molecule has 0 saturated heterocycles. The van der Waals surface area contributed by atoms with Crippen molar-refractivity contribution in [3.63, 3.8) is 0 Å². The zero-order valence-electron chi connectivity index (χ0n) is 21.6. The molecule has 2 aromatic carbocycles. The van der Waals surface area contributed by atoms with Crippen LogP contribution < -0.4 is 16.0 Å². The van der Waals surface area contributed by atoms with Gasteiger partial charge < -0.3 is 11.1 Å². The summed E-state index contributed by atoms with van der Waals surface area (Å²) in [6, 6.07) is 15.2. The molecule has 5 rings (SSSR count). The molecule has 0 bridgehead atoms. The molecule has 0 fully saturated rings. The molecule has 1 unspecified atom stereocenters. The molecule has 1 aliphatic heterocycles. The Labute approximate surface area is 247 Å². The normalized spacial score (nSPS) is 18.4. The third-order valence-electron chi connectivity index (χ3n) is 6.63. The van der Waals surface area contributed by atoms with Gasteiger partial charge >= 0.3 is 0 Å². The quantitative estimate of drug-likeness (QED) is 0.310. The summed E-state index contributed by atoms with van der Waals surface area (Å²) in [4.78, 5) is 27.7. The van der Waals surface area contributed by atoms with Crippen LogP contribution in [0.3, 0.4) is 0 Å². The molecule has 0 radical (unpaired) electrons. The lowest BCUT2D eigenvalue weighted by Crippen LogP contribution is -2.42. The molecule has 3 N–H and O–H groups in total. The van der Waals surface area contributed by atoms with Crippen LogP contribution >= 0.6 is 39.0 Å². The van der Waals surface area contributed by atoms with Gasteiger partial charge in [0.1, 0.15) is 11.6 Å². The van der Waals surface area contributed by atoms with Crippen LogP contribution in [-0.2, 0) is 9.59 Å². The average Bonchev–Trinajstić information content (AvgIpc) is 3.36. The molecule has 40 heavy (non-hydrogen) atoms. The second-order valence-corrected chi connectivity index (χ2v) is 13.3. The maximum Gasteiger partial charge on any atom is 0.234 e. The Balaban J connectivity index is 1.46. The number of hydrogen-bond acceptors (Lipinski definition) is 9. The Morgan fingerprint density at radius 1 is 1.23 bits per heavy atom. The molecule has 1 aromatic heterocycles. The number of rotatable bonds is 6. The van der Waals surface area contributed by atoms with Gasteiger partial charge in [-0.25, -0.2) is 4.39 Å². The van der Waals surface area contributed by atoms with E-state index in [0.29, 0.717) is 44.8 Å². The van der Waals surface area contributed by atoms with E-state index in [1.807, 2.05) is 26.0 Å². The minimum atomic E-state index is -0.704. The third kappa shape index (κ3) is 5.68. The fraction of sp³-hybridized carbons (Fsp3) is 0.250. The van der Waals surface area contributed by atoms with E-state index in [-0.39, 0.29) is 34.3 Å². The monoisotopic (exact) mass is 638 g/mol. The minimum absolute atomic E-state index is 0.0884. The summed E-state index contributed by atoms with van der Waals surface area (Å²) in [5.74, 6) is -1.13. The maximum atomic E-state index is 13.7. The van der Waals surface area contributed by atoms with E-state index in [4.69, 9.17) is 5.73 Å². The molecular weight excluding hydrogens is 615 g/mol. The molecule has 1 amide bonds.